The number of unbranched alkanes of at least 4 members (excludes halogenated alkanes) is 1. The van der Waals surface area contributed by atoms with Gasteiger partial charge in [-0.3, -0.25) is 4.79 Å². The number of hydrogen-bond donors (Lipinski definition) is 3. The molecule has 1 rings (SSSR count). The number of anilines is 1. The number of aliphatic hydroxyl groups excluding tert-OH is 1. The van der Waals surface area contributed by atoms with Crippen molar-refractivity contribution in [2.75, 3.05) is 18.9 Å². The fraction of sp³-hybridized carbons (Fsp3) is 0.364. The van der Waals surface area contributed by atoms with Gasteiger partial charge in [0.05, 0.1) is 16.3 Å². The van der Waals surface area contributed by atoms with Crippen LogP contribution in [0.15, 0.2) is 6.07 Å². The summed E-state index contributed by atoms with van der Waals surface area (Å²) >= 11 is 11.4. The minimum absolute atomic E-state index is 0.0547. The zero-order chi connectivity index (χ0) is 13.7. The molecule has 0 saturated carbocycles. The van der Waals surface area contributed by atoms with Crippen molar-refractivity contribution in [3.63, 3.8) is 0 Å². The number of nitrogen functional groups attached to an aromatic ring is 1. The number of nitrogens with two attached hydrogens (primary N) is 1. The Labute approximate surface area is 114 Å². The van der Waals surface area contributed by atoms with Gasteiger partial charge in [0.15, 0.2) is 0 Å². The van der Waals surface area contributed by atoms with Crippen molar-refractivity contribution < 1.29 is 14.3 Å². The first-order chi connectivity index (χ1) is 8.49. The second-order valence-corrected chi connectivity index (χ2v) is 4.39. The van der Waals surface area contributed by atoms with E-state index < -0.39 is 11.7 Å². The molecule has 7 heteroatoms. The second kappa shape index (κ2) is 6.78. The Bertz CT molecular complexity index is 455. The summed E-state index contributed by atoms with van der Waals surface area (Å²) in [5.74, 6) is -1.32. The normalized spacial score (nSPS) is 10.4. The summed E-state index contributed by atoms with van der Waals surface area (Å²) in [5.41, 5.74) is 5.27. The van der Waals surface area contributed by atoms with Gasteiger partial charge < -0.3 is 16.2 Å². The first-order valence-corrected chi connectivity index (χ1v) is 6.06. The van der Waals surface area contributed by atoms with E-state index in [1.165, 1.54) is 0 Å². The molecule has 0 aliphatic rings. The highest BCUT2D eigenvalue weighted by molar-refractivity contribution is 6.40. The van der Waals surface area contributed by atoms with Gasteiger partial charge in [0, 0.05) is 13.2 Å². The molecule has 0 unspecified atom stereocenters. The Morgan fingerprint density at radius 2 is 2.06 bits per heavy atom. The molecule has 1 aromatic carbocycles. The van der Waals surface area contributed by atoms with E-state index in [4.69, 9.17) is 34.0 Å². The molecular weight excluding hydrogens is 282 g/mol. The average Bonchev–Trinajstić information content (AvgIpc) is 2.36. The summed E-state index contributed by atoms with van der Waals surface area (Å²) in [5, 5.41) is 10.8. The van der Waals surface area contributed by atoms with Crippen LogP contribution in [0.4, 0.5) is 10.1 Å². The minimum Gasteiger partial charge on any atom is -0.396 e. The van der Waals surface area contributed by atoms with E-state index in [9.17, 15) is 9.18 Å². The summed E-state index contributed by atoms with van der Waals surface area (Å²) in [6.07, 6.45) is 1.19. The summed E-state index contributed by atoms with van der Waals surface area (Å²) in [6, 6.07) is 0.947. The Morgan fingerprint density at radius 1 is 1.39 bits per heavy atom. The first-order valence-electron chi connectivity index (χ1n) is 5.31. The van der Waals surface area contributed by atoms with E-state index in [2.05, 4.69) is 5.32 Å². The van der Waals surface area contributed by atoms with Crippen molar-refractivity contribution in [3.05, 3.63) is 27.5 Å². The molecule has 0 fully saturated rings. The molecule has 0 aliphatic carbocycles. The Balaban J connectivity index is 2.80. The maximum absolute atomic E-state index is 13.3. The van der Waals surface area contributed by atoms with Crippen molar-refractivity contribution in [3.8, 4) is 0 Å². The number of nitrogens with one attached hydrogen (secondary N) is 1. The van der Waals surface area contributed by atoms with Crippen molar-refractivity contribution in [2.24, 2.45) is 0 Å². The SMILES string of the molecule is Nc1c(Cl)c(F)cc(C(=O)NCCCCO)c1Cl. The van der Waals surface area contributed by atoms with Crippen LogP contribution in [-0.2, 0) is 0 Å². The molecule has 18 heavy (non-hydrogen) atoms. The molecule has 0 radical (unpaired) electrons. The fourth-order valence-electron chi connectivity index (χ4n) is 1.32. The molecule has 4 nitrogen and oxygen atoms in total. The van der Waals surface area contributed by atoms with Crippen LogP contribution >= 0.6 is 23.2 Å². The van der Waals surface area contributed by atoms with Crippen LogP contribution in [0.1, 0.15) is 23.2 Å². The quantitative estimate of drug-likeness (QED) is 0.443. The number of hydrogen-bond acceptors (Lipinski definition) is 3. The molecule has 1 amide bonds. The molecule has 0 atom stereocenters. The maximum Gasteiger partial charge on any atom is 0.252 e. The van der Waals surface area contributed by atoms with Gasteiger partial charge >= 0.3 is 0 Å². The predicted molar refractivity (Wildman–Crippen MR) is 69.5 cm³/mol. The Kier molecular flexibility index (Phi) is 5.65. The van der Waals surface area contributed by atoms with Gasteiger partial charge in [-0.15, -0.1) is 0 Å². The summed E-state index contributed by atoms with van der Waals surface area (Å²) in [6.45, 7) is 0.416. The van der Waals surface area contributed by atoms with Crippen LogP contribution in [0.25, 0.3) is 0 Å². The van der Waals surface area contributed by atoms with Crippen molar-refractivity contribution in [2.45, 2.75) is 12.8 Å². The third-order valence-corrected chi connectivity index (χ3v) is 3.10. The molecule has 0 aromatic heterocycles. The third-order valence-electron chi connectivity index (χ3n) is 2.31. The number of benzene rings is 1. The number of halogens is 3. The summed E-state index contributed by atoms with van der Waals surface area (Å²) in [7, 11) is 0. The lowest BCUT2D eigenvalue weighted by Gasteiger charge is -2.10. The number of aliphatic hydroxyl groups is 1. The highest BCUT2D eigenvalue weighted by atomic mass is 35.5. The van der Waals surface area contributed by atoms with Crippen molar-refractivity contribution in [1.82, 2.24) is 5.32 Å². The first kappa shape index (κ1) is 15.0. The van der Waals surface area contributed by atoms with E-state index >= 15 is 0 Å². The van der Waals surface area contributed by atoms with Crippen molar-refractivity contribution in [1.29, 1.82) is 0 Å². The van der Waals surface area contributed by atoms with E-state index in [-0.39, 0.29) is 27.9 Å². The van der Waals surface area contributed by atoms with Gasteiger partial charge in [-0.25, -0.2) is 4.39 Å². The molecule has 0 bridgehead atoms. The van der Waals surface area contributed by atoms with Gasteiger partial charge in [-0.1, -0.05) is 23.2 Å². The minimum atomic E-state index is -0.793. The molecule has 4 N–H and O–H groups in total. The summed E-state index contributed by atoms with van der Waals surface area (Å²) < 4.78 is 13.3. The van der Waals surface area contributed by atoms with Crippen LogP contribution in [-0.4, -0.2) is 24.2 Å². The van der Waals surface area contributed by atoms with Gasteiger partial charge in [0.2, 0.25) is 0 Å². The highest BCUT2D eigenvalue weighted by Crippen LogP contribution is 2.32. The van der Waals surface area contributed by atoms with Gasteiger partial charge in [0.1, 0.15) is 10.8 Å². The van der Waals surface area contributed by atoms with Crippen LogP contribution in [0.2, 0.25) is 10.0 Å². The largest absolute Gasteiger partial charge is 0.396 e. The lowest BCUT2D eigenvalue weighted by Crippen LogP contribution is -2.25. The van der Waals surface area contributed by atoms with Crippen molar-refractivity contribution >= 4 is 34.8 Å². The molecular formula is C11H13Cl2FN2O2. The third kappa shape index (κ3) is 3.48. The molecule has 100 valence electrons. The molecule has 0 saturated heterocycles. The van der Waals surface area contributed by atoms with E-state index in [1.807, 2.05) is 0 Å². The van der Waals surface area contributed by atoms with E-state index in [0.29, 0.717) is 19.4 Å². The highest BCUT2D eigenvalue weighted by Gasteiger charge is 2.18. The van der Waals surface area contributed by atoms with Crippen LogP contribution in [0.3, 0.4) is 0 Å². The van der Waals surface area contributed by atoms with Gasteiger partial charge in [-0.05, 0) is 18.9 Å². The fourth-order valence-corrected chi connectivity index (χ4v) is 1.75. The lowest BCUT2D eigenvalue weighted by molar-refractivity contribution is 0.0952. The number of carbonyl (C=O) groups excluding carboxylic acids is 1. The lowest BCUT2D eigenvalue weighted by atomic mass is 10.1. The zero-order valence-corrected chi connectivity index (χ0v) is 11.0. The van der Waals surface area contributed by atoms with Gasteiger partial charge in [-0.2, -0.15) is 0 Å². The Hall–Kier alpha value is -1.04. The average molecular weight is 295 g/mol. The van der Waals surface area contributed by atoms with Crippen LogP contribution < -0.4 is 11.1 Å². The van der Waals surface area contributed by atoms with Gasteiger partial charge in [0.25, 0.3) is 5.91 Å². The topological polar surface area (TPSA) is 75.4 Å². The molecule has 0 spiro atoms. The zero-order valence-electron chi connectivity index (χ0n) is 9.47. The van der Waals surface area contributed by atoms with E-state index in [0.717, 1.165) is 6.07 Å². The number of amides is 1. The summed E-state index contributed by atoms with van der Waals surface area (Å²) in [4.78, 5) is 11.7. The van der Waals surface area contributed by atoms with Crippen LogP contribution in [0.5, 0.6) is 0 Å². The standard InChI is InChI=1S/C11H13Cl2FN2O2/c12-8-6(5-7(14)9(13)10(8)15)11(18)16-3-1-2-4-17/h5,17H,1-4,15H2,(H,16,18). The number of carbonyl (C=O) groups is 1. The second-order valence-electron chi connectivity index (χ2n) is 3.63. The molecule has 0 aliphatic heterocycles. The maximum atomic E-state index is 13.3. The monoisotopic (exact) mass is 294 g/mol. The Morgan fingerprint density at radius 3 is 2.67 bits per heavy atom. The molecule has 0 heterocycles. The predicted octanol–water partition coefficient (Wildman–Crippen LogP) is 2.22. The van der Waals surface area contributed by atoms with Crippen LogP contribution in [0, 0.1) is 5.82 Å². The smallest absolute Gasteiger partial charge is 0.252 e. The van der Waals surface area contributed by atoms with E-state index in [1.54, 1.807) is 0 Å². The number of rotatable bonds is 5. The molecule has 1 aromatic rings.